The summed E-state index contributed by atoms with van der Waals surface area (Å²) in [6, 6.07) is 9.80. The summed E-state index contributed by atoms with van der Waals surface area (Å²) < 4.78 is 0. The molecule has 1 aromatic carbocycles. The summed E-state index contributed by atoms with van der Waals surface area (Å²) in [6.45, 7) is 7.41. The zero-order valence-electron chi connectivity index (χ0n) is 10.9. The average molecular weight is 250 g/mol. The van der Waals surface area contributed by atoms with E-state index in [2.05, 4.69) is 23.5 Å². The molecular formula is C17H18N2. The van der Waals surface area contributed by atoms with E-state index in [-0.39, 0.29) is 0 Å². The van der Waals surface area contributed by atoms with Crippen molar-refractivity contribution in [2.24, 2.45) is 4.99 Å². The molecule has 1 rings (SSSR count). The molecule has 0 saturated heterocycles. The summed E-state index contributed by atoms with van der Waals surface area (Å²) in [4.78, 5) is 4.27. The van der Waals surface area contributed by atoms with Gasteiger partial charge in [0.05, 0.1) is 5.69 Å². The highest BCUT2D eigenvalue weighted by molar-refractivity contribution is 5.74. The van der Waals surface area contributed by atoms with E-state index in [9.17, 15) is 0 Å². The predicted molar refractivity (Wildman–Crippen MR) is 84.5 cm³/mol. The second-order valence-corrected chi connectivity index (χ2v) is 3.62. The van der Waals surface area contributed by atoms with Gasteiger partial charge in [-0.05, 0) is 30.4 Å². The van der Waals surface area contributed by atoms with E-state index >= 15 is 0 Å². The maximum atomic E-state index is 4.27. The van der Waals surface area contributed by atoms with Gasteiger partial charge in [-0.15, -0.1) is 0 Å². The first kappa shape index (κ1) is 14.5. The van der Waals surface area contributed by atoms with Crippen molar-refractivity contribution in [2.75, 3.05) is 0 Å². The Morgan fingerprint density at radius 1 is 1.05 bits per heavy atom. The van der Waals surface area contributed by atoms with Crippen LogP contribution in [-0.4, -0.2) is 6.21 Å². The van der Waals surface area contributed by atoms with Gasteiger partial charge in [0.2, 0.25) is 0 Å². The van der Waals surface area contributed by atoms with Gasteiger partial charge < -0.3 is 5.32 Å². The van der Waals surface area contributed by atoms with Gasteiger partial charge in [-0.2, -0.15) is 0 Å². The molecular weight excluding hydrogens is 232 g/mol. The van der Waals surface area contributed by atoms with E-state index < -0.39 is 0 Å². The maximum absolute atomic E-state index is 4.27. The molecule has 0 aromatic heterocycles. The summed E-state index contributed by atoms with van der Waals surface area (Å²) >= 11 is 0. The molecule has 0 spiro atoms. The van der Waals surface area contributed by atoms with Crippen LogP contribution in [0, 0.1) is 0 Å². The molecule has 0 fully saturated rings. The minimum atomic E-state index is 0.808. The fraction of sp³-hybridized carbons (Fsp3) is 0. The van der Waals surface area contributed by atoms with Crippen molar-refractivity contribution in [2.45, 2.75) is 0 Å². The number of para-hydroxylation sites is 1. The largest absolute Gasteiger partial charge is 0.362 e. The van der Waals surface area contributed by atoms with Crippen LogP contribution < -0.4 is 5.32 Å². The summed E-state index contributed by atoms with van der Waals surface area (Å²) in [6.07, 6.45) is 14.6. The third-order valence-corrected chi connectivity index (χ3v) is 2.09. The van der Waals surface area contributed by atoms with Gasteiger partial charge in [0.25, 0.3) is 0 Å². The molecule has 1 aromatic rings. The quantitative estimate of drug-likeness (QED) is 0.566. The van der Waals surface area contributed by atoms with Gasteiger partial charge in [0.15, 0.2) is 0 Å². The Morgan fingerprint density at radius 3 is 2.58 bits per heavy atom. The Hall–Kier alpha value is -2.61. The maximum Gasteiger partial charge on any atom is 0.0629 e. The lowest BCUT2D eigenvalue weighted by molar-refractivity contribution is 1.12. The van der Waals surface area contributed by atoms with Crippen molar-refractivity contribution < 1.29 is 0 Å². The first-order valence-corrected chi connectivity index (χ1v) is 5.98. The Balaban J connectivity index is 2.30. The SMILES string of the molecule is C=C/C=C\C(=C)N/C=C/C=C/C=Nc1ccccc1. The van der Waals surface area contributed by atoms with Crippen LogP contribution in [0.3, 0.4) is 0 Å². The van der Waals surface area contributed by atoms with Crippen molar-refractivity contribution in [3.63, 3.8) is 0 Å². The van der Waals surface area contributed by atoms with Crippen LogP contribution in [0.5, 0.6) is 0 Å². The number of nitrogens with zero attached hydrogens (tertiary/aromatic N) is 1. The smallest absolute Gasteiger partial charge is 0.0629 e. The Morgan fingerprint density at radius 2 is 1.84 bits per heavy atom. The number of aliphatic imine (C=N–C) groups is 1. The van der Waals surface area contributed by atoms with Crippen LogP contribution >= 0.6 is 0 Å². The molecule has 19 heavy (non-hydrogen) atoms. The highest BCUT2D eigenvalue weighted by Gasteiger charge is 1.80. The number of rotatable bonds is 7. The summed E-state index contributed by atoms with van der Waals surface area (Å²) in [5, 5.41) is 3.02. The highest BCUT2D eigenvalue weighted by atomic mass is 14.8. The lowest BCUT2D eigenvalue weighted by Crippen LogP contribution is -1.99. The zero-order chi connectivity index (χ0) is 13.8. The Labute approximate surface area is 114 Å². The van der Waals surface area contributed by atoms with Gasteiger partial charge in [0.1, 0.15) is 0 Å². The van der Waals surface area contributed by atoms with Gasteiger partial charge in [-0.25, -0.2) is 0 Å². The molecule has 0 aliphatic rings. The number of hydrogen-bond donors (Lipinski definition) is 1. The number of nitrogens with one attached hydrogen (secondary N) is 1. The third kappa shape index (κ3) is 7.34. The standard InChI is InChI=1S/C17H18N2/c1-3-4-11-16(2)18-14-9-6-10-15-19-17-12-7-5-8-13-17/h3-15,18H,1-2H2/b10-6+,11-4-,14-9+,19-15?. The van der Waals surface area contributed by atoms with E-state index in [4.69, 9.17) is 0 Å². The molecule has 96 valence electrons. The van der Waals surface area contributed by atoms with Crippen LogP contribution in [0.25, 0.3) is 0 Å². The molecule has 0 aliphatic carbocycles. The highest BCUT2D eigenvalue weighted by Crippen LogP contribution is 2.07. The van der Waals surface area contributed by atoms with Crippen LogP contribution in [0.1, 0.15) is 0 Å². The first-order chi connectivity index (χ1) is 9.33. The van der Waals surface area contributed by atoms with Gasteiger partial charge in [-0.3, -0.25) is 4.99 Å². The summed E-state index contributed by atoms with van der Waals surface area (Å²) in [5.41, 5.74) is 1.75. The van der Waals surface area contributed by atoms with Crippen molar-refractivity contribution in [3.8, 4) is 0 Å². The monoisotopic (exact) mass is 250 g/mol. The second kappa shape index (κ2) is 9.42. The molecule has 0 atom stereocenters. The molecule has 0 heterocycles. The summed E-state index contributed by atoms with van der Waals surface area (Å²) in [7, 11) is 0. The number of benzene rings is 1. The van der Waals surface area contributed by atoms with E-state index in [1.54, 1.807) is 12.3 Å². The Kier molecular flexibility index (Phi) is 7.17. The van der Waals surface area contributed by atoms with Crippen LogP contribution in [0.15, 0.2) is 96.8 Å². The van der Waals surface area contributed by atoms with Crippen LogP contribution in [-0.2, 0) is 0 Å². The topological polar surface area (TPSA) is 24.4 Å². The lowest BCUT2D eigenvalue weighted by atomic mass is 10.3. The molecule has 0 saturated carbocycles. The second-order valence-electron chi connectivity index (χ2n) is 3.62. The van der Waals surface area contributed by atoms with Crippen LogP contribution in [0.2, 0.25) is 0 Å². The van der Waals surface area contributed by atoms with E-state index in [1.807, 2.05) is 66.9 Å². The third-order valence-electron chi connectivity index (χ3n) is 2.09. The normalized spacial score (nSPS) is 11.8. The predicted octanol–water partition coefficient (Wildman–Crippen LogP) is 4.30. The van der Waals surface area contributed by atoms with E-state index in [0.29, 0.717) is 0 Å². The van der Waals surface area contributed by atoms with E-state index in [0.717, 1.165) is 11.4 Å². The van der Waals surface area contributed by atoms with Crippen molar-refractivity contribution >= 4 is 11.9 Å². The summed E-state index contributed by atoms with van der Waals surface area (Å²) in [5.74, 6) is 0. The molecule has 2 nitrogen and oxygen atoms in total. The van der Waals surface area contributed by atoms with Gasteiger partial charge in [0, 0.05) is 18.1 Å². The minimum Gasteiger partial charge on any atom is -0.362 e. The Bertz CT molecular complexity index is 505. The average Bonchev–Trinajstić information content (AvgIpc) is 2.45. The molecule has 0 aliphatic heterocycles. The zero-order valence-corrected chi connectivity index (χ0v) is 10.9. The lowest BCUT2D eigenvalue weighted by Gasteiger charge is -1.95. The molecule has 0 amide bonds. The number of allylic oxidation sites excluding steroid dienone is 6. The number of hydrogen-bond acceptors (Lipinski definition) is 2. The minimum absolute atomic E-state index is 0.808. The molecule has 0 unspecified atom stereocenters. The molecule has 0 bridgehead atoms. The van der Waals surface area contributed by atoms with Gasteiger partial charge >= 0.3 is 0 Å². The fourth-order valence-electron chi connectivity index (χ4n) is 1.20. The van der Waals surface area contributed by atoms with Gasteiger partial charge in [-0.1, -0.05) is 49.6 Å². The fourth-order valence-corrected chi connectivity index (χ4v) is 1.20. The molecule has 0 radical (unpaired) electrons. The van der Waals surface area contributed by atoms with E-state index in [1.165, 1.54) is 0 Å². The van der Waals surface area contributed by atoms with Crippen molar-refractivity contribution in [3.05, 3.63) is 91.8 Å². The van der Waals surface area contributed by atoms with Crippen molar-refractivity contribution in [1.82, 2.24) is 5.32 Å². The molecule has 1 N–H and O–H groups in total. The molecule has 2 heteroatoms. The van der Waals surface area contributed by atoms with Crippen molar-refractivity contribution in [1.29, 1.82) is 0 Å². The van der Waals surface area contributed by atoms with Crippen LogP contribution in [0.4, 0.5) is 5.69 Å². The first-order valence-electron chi connectivity index (χ1n) is 5.98.